The fourth-order valence-corrected chi connectivity index (χ4v) is 3.17. The van der Waals surface area contributed by atoms with Crippen LogP contribution in [0.4, 0.5) is 0 Å². The highest BCUT2D eigenvalue weighted by atomic mass is 16.7. The molecule has 8 heteroatoms. The minimum absolute atomic E-state index is 0.184. The quantitative estimate of drug-likeness (QED) is 0.693. The van der Waals surface area contributed by atoms with Crippen LogP contribution in [-0.4, -0.2) is 56.1 Å². The van der Waals surface area contributed by atoms with E-state index in [-0.39, 0.29) is 12.5 Å². The fourth-order valence-electron chi connectivity index (χ4n) is 3.17. The van der Waals surface area contributed by atoms with Crippen molar-refractivity contribution in [2.45, 2.75) is 31.5 Å². The zero-order valence-electron chi connectivity index (χ0n) is 16.6. The number of hydrogen-bond acceptors (Lipinski definition) is 7. The van der Waals surface area contributed by atoms with Crippen LogP contribution in [0.1, 0.15) is 27.6 Å². The number of benzene rings is 2. The Morgan fingerprint density at radius 2 is 1.50 bits per heavy atom. The van der Waals surface area contributed by atoms with Gasteiger partial charge in [-0.2, -0.15) is 0 Å². The van der Waals surface area contributed by atoms with Gasteiger partial charge in [-0.25, -0.2) is 9.59 Å². The predicted molar refractivity (Wildman–Crippen MR) is 106 cm³/mol. The molecule has 0 saturated carbocycles. The number of carbonyl (C=O) groups excluding carboxylic acids is 3. The highest BCUT2D eigenvalue weighted by Gasteiger charge is 2.48. The lowest BCUT2D eigenvalue weighted by molar-refractivity contribution is -0.138. The average molecular weight is 413 g/mol. The molecule has 0 bridgehead atoms. The molecule has 1 fully saturated rings. The number of hydrogen-bond donors (Lipinski definition) is 1. The monoisotopic (exact) mass is 413 g/mol. The average Bonchev–Trinajstić information content (AvgIpc) is 3.08. The van der Waals surface area contributed by atoms with E-state index in [1.165, 1.54) is 14.0 Å². The van der Waals surface area contributed by atoms with Crippen LogP contribution in [0.2, 0.25) is 0 Å². The molecular formula is C22H23NO7. The fraction of sp³-hybridized carbons (Fsp3) is 0.318. The molecule has 3 rings (SSSR count). The molecule has 1 saturated heterocycles. The predicted octanol–water partition coefficient (Wildman–Crippen LogP) is 1.95. The van der Waals surface area contributed by atoms with Crippen molar-refractivity contribution >= 4 is 17.8 Å². The summed E-state index contributed by atoms with van der Waals surface area (Å²) in [7, 11) is 1.41. The van der Waals surface area contributed by atoms with E-state index in [0.717, 1.165) is 0 Å². The third kappa shape index (κ3) is 5.22. The Morgan fingerprint density at radius 1 is 0.933 bits per heavy atom. The Kier molecular flexibility index (Phi) is 7.16. The summed E-state index contributed by atoms with van der Waals surface area (Å²) in [6, 6.07) is 16.2. The Balaban J connectivity index is 1.75. The Bertz CT molecular complexity index is 872. The second kappa shape index (κ2) is 10.00. The Morgan fingerprint density at radius 3 is 2.03 bits per heavy atom. The summed E-state index contributed by atoms with van der Waals surface area (Å²) in [4.78, 5) is 36.5. The first-order valence-electron chi connectivity index (χ1n) is 9.43. The number of ether oxygens (including phenoxy) is 4. The van der Waals surface area contributed by atoms with Gasteiger partial charge in [0.2, 0.25) is 5.91 Å². The van der Waals surface area contributed by atoms with E-state index in [1.54, 1.807) is 60.7 Å². The van der Waals surface area contributed by atoms with Gasteiger partial charge in [0.05, 0.1) is 11.1 Å². The SMILES string of the molecule is CO[C@H]1O[C@@H](COC(=O)c2ccccc2)[C@@H](OC(=O)c2ccccc2)[C@H]1NC(C)=O. The van der Waals surface area contributed by atoms with Gasteiger partial charge < -0.3 is 24.3 Å². The van der Waals surface area contributed by atoms with Gasteiger partial charge in [0, 0.05) is 14.0 Å². The molecule has 1 N–H and O–H groups in total. The molecule has 0 aromatic heterocycles. The highest BCUT2D eigenvalue weighted by molar-refractivity contribution is 5.90. The van der Waals surface area contributed by atoms with E-state index in [1.807, 2.05) is 0 Å². The highest BCUT2D eigenvalue weighted by Crippen LogP contribution is 2.26. The van der Waals surface area contributed by atoms with Crippen molar-refractivity contribution in [3.8, 4) is 0 Å². The van der Waals surface area contributed by atoms with E-state index in [0.29, 0.717) is 11.1 Å². The number of carbonyl (C=O) groups is 3. The lowest BCUT2D eigenvalue weighted by atomic mass is 10.1. The molecule has 0 unspecified atom stereocenters. The van der Waals surface area contributed by atoms with Crippen molar-refractivity contribution in [1.82, 2.24) is 5.32 Å². The molecule has 2 aromatic rings. The third-order valence-corrected chi connectivity index (χ3v) is 4.57. The standard InChI is InChI=1S/C22H23NO7/c1-14(24)23-18-19(30-21(26)16-11-7-4-8-12-16)17(29-22(18)27-2)13-28-20(25)15-9-5-3-6-10-15/h3-12,17-19,22H,13H2,1-2H3,(H,23,24)/t17-,18+,19+,22-/m0/s1. The lowest BCUT2D eigenvalue weighted by Gasteiger charge is -2.24. The first-order chi connectivity index (χ1) is 14.5. The van der Waals surface area contributed by atoms with Crippen LogP contribution in [-0.2, 0) is 23.7 Å². The zero-order valence-corrected chi connectivity index (χ0v) is 16.6. The molecule has 1 amide bonds. The zero-order chi connectivity index (χ0) is 21.5. The summed E-state index contributed by atoms with van der Waals surface area (Å²) >= 11 is 0. The minimum atomic E-state index is -0.921. The summed E-state index contributed by atoms with van der Waals surface area (Å²) < 4.78 is 22.1. The summed E-state index contributed by atoms with van der Waals surface area (Å²) in [6.45, 7) is 1.15. The van der Waals surface area contributed by atoms with Crippen molar-refractivity contribution in [2.24, 2.45) is 0 Å². The van der Waals surface area contributed by atoms with Crippen LogP contribution in [0.25, 0.3) is 0 Å². The van der Waals surface area contributed by atoms with E-state index >= 15 is 0 Å². The molecule has 158 valence electrons. The van der Waals surface area contributed by atoms with E-state index in [4.69, 9.17) is 18.9 Å². The van der Waals surface area contributed by atoms with Crippen LogP contribution in [0.15, 0.2) is 60.7 Å². The van der Waals surface area contributed by atoms with E-state index in [2.05, 4.69) is 5.32 Å². The second-order valence-corrected chi connectivity index (χ2v) is 6.71. The maximum absolute atomic E-state index is 12.6. The van der Waals surface area contributed by atoms with E-state index < -0.39 is 36.5 Å². The normalized spacial score (nSPS) is 22.9. The number of amides is 1. The van der Waals surface area contributed by atoms with Gasteiger partial charge in [0.15, 0.2) is 12.4 Å². The number of methoxy groups -OCH3 is 1. The number of esters is 2. The topological polar surface area (TPSA) is 100 Å². The summed E-state index contributed by atoms with van der Waals surface area (Å²) in [6.07, 6.45) is -2.62. The van der Waals surface area contributed by atoms with Crippen LogP contribution in [0.3, 0.4) is 0 Å². The smallest absolute Gasteiger partial charge is 0.338 e. The van der Waals surface area contributed by atoms with Gasteiger partial charge in [-0.15, -0.1) is 0 Å². The minimum Gasteiger partial charge on any atom is -0.459 e. The van der Waals surface area contributed by atoms with Crippen molar-refractivity contribution in [1.29, 1.82) is 0 Å². The second-order valence-electron chi connectivity index (χ2n) is 6.71. The van der Waals surface area contributed by atoms with Gasteiger partial charge in [0.25, 0.3) is 0 Å². The summed E-state index contributed by atoms with van der Waals surface area (Å²) in [5.74, 6) is -1.46. The van der Waals surface area contributed by atoms with Crippen molar-refractivity contribution in [3.05, 3.63) is 71.8 Å². The molecular weight excluding hydrogens is 390 g/mol. The van der Waals surface area contributed by atoms with Crippen LogP contribution in [0.5, 0.6) is 0 Å². The maximum Gasteiger partial charge on any atom is 0.338 e. The van der Waals surface area contributed by atoms with E-state index in [9.17, 15) is 14.4 Å². The Hall–Kier alpha value is -3.23. The summed E-state index contributed by atoms with van der Waals surface area (Å²) in [5, 5.41) is 2.69. The largest absolute Gasteiger partial charge is 0.459 e. The third-order valence-electron chi connectivity index (χ3n) is 4.57. The number of nitrogens with one attached hydrogen (secondary N) is 1. The van der Waals surface area contributed by atoms with Gasteiger partial charge in [0.1, 0.15) is 18.8 Å². The number of rotatable bonds is 7. The summed E-state index contributed by atoms with van der Waals surface area (Å²) in [5.41, 5.74) is 0.731. The van der Waals surface area contributed by atoms with Gasteiger partial charge in [-0.3, -0.25) is 4.79 Å². The maximum atomic E-state index is 12.6. The van der Waals surface area contributed by atoms with Crippen molar-refractivity contribution in [2.75, 3.05) is 13.7 Å². The van der Waals surface area contributed by atoms with Crippen molar-refractivity contribution < 1.29 is 33.3 Å². The van der Waals surface area contributed by atoms with Gasteiger partial charge >= 0.3 is 11.9 Å². The molecule has 1 heterocycles. The van der Waals surface area contributed by atoms with Gasteiger partial charge in [-0.05, 0) is 24.3 Å². The first kappa shape index (κ1) is 21.5. The molecule has 0 aliphatic carbocycles. The molecule has 8 nitrogen and oxygen atoms in total. The molecule has 1 aliphatic rings. The Labute approximate surface area is 174 Å². The van der Waals surface area contributed by atoms with Gasteiger partial charge in [-0.1, -0.05) is 36.4 Å². The molecule has 30 heavy (non-hydrogen) atoms. The molecule has 1 aliphatic heterocycles. The molecule has 0 radical (unpaired) electrons. The molecule has 2 aromatic carbocycles. The lowest BCUT2D eigenvalue weighted by Crippen LogP contribution is -2.49. The molecule has 4 atom stereocenters. The van der Waals surface area contributed by atoms with Crippen LogP contribution >= 0.6 is 0 Å². The first-order valence-corrected chi connectivity index (χ1v) is 9.43. The van der Waals surface area contributed by atoms with Crippen molar-refractivity contribution in [3.63, 3.8) is 0 Å². The van der Waals surface area contributed by atoms with Crippen LogP contribution in [0, 0.1) is 0 Å². The molecule has 0 spiro atoms. The van der Waals surface area contributed by atoms with Crippen LogP contribution < -0.4 is 5.32 Å².